The highest BCUT2D eigenvalue weighted by Gasteiger charge is 2.15. The Kier molecular flexibility index (Phi) is 5.04. The molecule has 0 bridgehead atoms. The third-order valence-corrected chi connectivity index (χ3v) is 2.65. The molecule has 6 heteroatoms. The number of para-hydroxylation sites is 1. The maximum Gasteiger partial charge on any atom is 0.238 e. The van der Waals surface area contributed by atoms with Crippen molar-refractivity contribution in [3.63, 3.8) is 0 Å². The van der Waals surface area contributed by atoms with Crippen molar-refractivity contribution in [3.8, 4) is 6.07 Å². The largest absolute Gasteiger partial charge is 0.379 e. The molecular formula is C11H12N4OS. The summed E-state index contributed by atoms with van der Waals surface area (Å²) < 4.78 is 0. The lowest BCUT2D eigenvalue weighted by Crippen LogP contribution is -2.33. The van der Waals surface area contributed by atoms with Gasteiger partial charge in [-0.15, -0.1) is 0 Å². The summed E-state index contributed by atoms with van der Waals surface area (Å²) in [4.78, 5) is 13.2. The first-order chi connectivity index (χ1) is 8.15. The number of hydrogen-bond donors (Lipinski definition) is 2. The number of nitrogens with zero attached hydrogens (tertiary/aromatic N) is 2. The van der Waals surface area contributed by atoms with Crippen LogP contribution in [0, 0.1) is 16.7 Å². The molecule has 1 aromatic carbocycles. The van der Waals surface area contributed by atoms with Crippen molar-refractivity contribution in [1.29, 1.82) is 10.7 Å². The maximum atomic E-state index is 11.8. The normalized spacial score (nSPS) is 9.35. The fourth-order valence-corrected chi connectivity index (χ4v) is 1.65. The molecule has 0 unspecified atom stereocenters. The van der Waals surface area contributed by atoms with Crippen LogP contribution in [0.2, 0.25) is 0 Å². The topological polar surface area (TPSA) is 94.0 Å². The molecule has 0 heterocycles. The Morgan fingerprint density at radius 1 is 1.47 bits per heavy atom. The van der Waals surface area contributed by atoms with Crippen molar-refractivity contribution in [2.75, 3.05) is 17.2 Å². The van der Waals surface area contributed by atoms with Gasteiger partial charge in [0.1, 0.15) is 6.54 Å². The van der Waals surface area contributed by atoms with Crippen molar-refractivity contribution in [3.05, 3.63) is 30.3 Å². The lowest BCUT2D eigenvalue weighted by Gasteiger charge is -2.19. The van der Waals surface area contributed by atoms with Gasteiger partial charge in [0, 0.05) is 5.69 Å². The van der Waals surface area contributed by atoms with Gasteiger partial charge >= 0.3 is 0 Å². The first-order valence-electron chi connectivity index (χ1n) is 4.84. The lowest BCUT2D eigenvalue weighted by molar-refractivity contribution is -0.116. The Morgan fingerprint density at radius 3 is 2.65 bits per heavy atom. The van der Waals surface area contributed by atoms with Crippen LogP contribution in [0.1, 0.15) is 0 Å². The summed E-state index contributed by atoms with van der Waals surface area (Å²) in [5.41, 5.74) is 5.83. The highest BCUT2D eigenvalue weighted by molar-refractivity contribution is 8.14. The molecule has 17 heavy (non-hydrogen) atoms. The van der Waals surface area contributed by atoms with Gasteiger partial charge in [-0.2, -0.15) is 5.26 Å². The number of nitrogens with two attached hydrogens (primary N) is 1. The van der Waals surface area contributed by atoms with Crippen molar-refractivity contribution < 1.29 is 4.79 Å². The fraction of sp³-hybridized carbons (Fsp3) is 0.182. The number of carbonyl (C=O) groups is 1. The van der Waals surface area contributed by atoms with Gasteiger partial charge in [0.15, 0.2) is 5.17 Å². The molecule has 0 fully saturated rings. The molecule has 0 atom stereocenters. The third-order valence-electron chi connectivity index (χ3n) is 1.95. The van der Waals surface area contributed by atoms with Crippen LogP contribution in [0.3, 0.4) is 0 Å². The van der Waals surface area contributed by atoms with Gasteiger partial charge in [-0.1, -0.05) is 30.0 Å². The summed E-state index contributed by atoms with van der Waals surface area (Å²) in [7, 11) is 0. The van der Waals surface area contributed by atoms with Crippen molar-refractivity contribution in [1.82, 2.24) is 0 Å². The van der Waals surface area contributed by atoms with Crippen LogP contribution in [0.4, 0.5) is 5.69 Å². The predicted molar refractivity (Wildman–Crippen MR) is 68.8 cm³/mol. The van der Waals surface area contributed by atoms with E-state index >= 15 is 0 Å². The molecule has 5 nitrogen and oxygen atoms in total. The molecule has 0 aliphatic carbocycles. The molecule has 0 saturated carbocycles. The van der Waals surface area contributed by atoms with Crippen LogP contribution < -0.4 is 10.6 Å². The maximum absolute atomic E-state index is 11.8. The summed E-state index contributed by atoms with van der Waals surface area (Å²) in [6, 6.07) is 10.9. The van der Waals surface area contributed by atoms with E-state index in [-0.39, 0.29) is 23.4 Å². The summed E-state index contributed by atoms with van der Waals surface area (Å²) in [5, 5.41) is 15.6. The van der Waals surface area contributed by atoms with E-state index in [4.69, 9.17) is 16.4 Å². The zero-order valence-electron chi connectivity index (χ0n) is 9.09. The second-order valence-electron chi connectivity index (χ2n) is 3.13. The molecule has 1 amide bonds. The van der Waals surface area contributed by atoms with Crippen LogP contribution >= 0.6 is 11.8 Å². The number of amidine groups is 1. The third kappa shape index (κ3) is 4.17. The number of amides is 1. The number of nitriles is 1. The van der Waals surface area contributed by atoms with Gasteiger partial charge < -0.3 is 5.73 Å². The molecule has 0 radical (unpaired) electrons. The Balaban J connectivity index is 2.76. The average molecular weight is 248 g/mol. The molecule has 88 valence electrons. The first kappa shape index (κ1) is 13.1. The number of anilines is 1. The number of benzene rings is 1. The molecule has 0 saturated heterocycles. The minimum absolute atomic E-state index is 0.0126. The van der Waals surface area contributed by atoms with E-state index in [2.05, 4.69) is 0 Å². The number of hydrogen-bond acceptors (Lipinski definition) is 4. The highest BCUT2D eigenvalue weighted by atomic mass is 32.2. The number of rotatable bonds is 4. The zero-order chi connectivity index (χ0) is 12.7. The van der Waals surface area contributed by atoms with E-state index in [1.54, 1.807) is 24.3 Å². The minimum Gasteiger partial charge on any atom is -0.379 e. The van der Waals surface area contributed by atoms with Gasteiger partial charge in [0.25, 0.3) is 0 Å². The molecule has 0 aliphatic heterocycles. The van der Waals surface area contributed by atoms with Gasteiger partial charge in [0.2, 0.25) is 5.91 Å². The van der Waals surface area contributed by atoms with Crippen LogP contribution in [0.15, 0.2) is 30.3 Å². The van der Waals surface area contributed by atoms with Gasteiger partial charge in [0.05, 0.1) is 11.8 Å². The molecule has 1 rings (SSSR count). The van der Waals surface area contributed by atoms with Crippen LogP contribution in [-0.2, 0) is 4.79 Å². The highest BCUT2D eigenvalue weighted by Crippen LogP contribution is 2.14. The minimum atomic E-state index is -0.238. The monoisotopic (exact) mass is 248 g/mol. The Hall–Kier alpha value is -2.00. The van der Waals surface area contributed by atoms with E-state index in [9.17, 15) is 4.79 Å². The Labute approximate surface area is 104 Å². The van der Waals surface area contributed by atoms with Crippen LogP contribution in [0.5, 0.6) is 0 Å². The SMILES string of the molecule is N#CCN(C(=O)CSC(=N)N)c1ccccc1. The van der Waals surface area contributed by atoms with E-state index in [1.165, 1.54) is 4.90 Å². The molecule has 3 N–H and O–H groups in total. The molecule has 0 aromatic heterocycles. The summed E-state index contributed by atoms with van der Waals surface area (Å²) >= 11 is 0.949. The van der Waals surface area contributed by atoms with E-state index in [0.29, 0.717) is 5.69 Å². The van der Waals surface area contributed by atoms with Crippen molar-refractivity contribution >= 4 is 28.5 Å². The molecular weight excluding hydrogens is 236 g/mol. The van der Waals surface area contributed by atoms with Crippen molar-refractivity contribution in [2.24, 2.45) is 5.73 Å². The molecule has 0 aliphatic rings. The van der Waals surface area contributed by atoms with E-state index in [0.717, 1.165) is 11.8 Å². The quantitative estimate of drug-likeness (QED) is 0.475. The summed E-state index contributed by atoms with van der Waals surface area (Å²) in [6.45, 7) is -0.0126. The van der Waals surface area contributed by atoms with Gasteiger partial charge in [-0.25, -0.2) is 0 Å². The van der Waals surface area contributed by atoms with E-state index in [1.807, 2.05) is 12.1 Å². The van der Waals surface area contributed by atoms with Gasteiger partial charge in [-0.05, 0) is 12.1 Å². The van der Waals surface area contributed by atoms with Crippen LogP contribution in [-0.4, -0.2) is 23.4 Å². The summed E-state index contributed by atoms with van der Waals surface area (Å²) in [6.07, 6.45) is 0. The Morgan fingerprint density at radius 2 is 2.12 bits per heavy atom. The summed E-state index contributed by atoms with van der Waals surface area (Å²) in [5.74, 6) is -0.177. The standard InChI is InChI=1S/C11H12N4OS/c12-6-7-15(9-4-2-1-3-5-9)10(16)8-17-11(13)14/h1-5H,7-8H2,(H3,13,14). The van der Waals surface area contributed by atoms with Crippen LogP contribution in [0.25, 0.3) is 0 Å². The lowest BCUT2D eigenvalue weighted by atomic mass is 10.3. The molecule has 0 spiro atoms. The number of thioether (sulfide) groups is 1. The smallest absolute Gasteiger partial charge is 0.238 e. The number of nitrogens with one attached hydrogen (secondary N) is 1. The predicted octanol–water partition coefficient (Wildman–Crippen LogP) is 1.17. The van der Waals surface area contributed by atoms with E-state index < -0.39 is 0 Å². The Bertz CT molecular complexity index is 441. The first-order valence-corrected chi connectivity index (χ1v) is 5.83. The zero-order valence-corrected chi connectivity index (χ0v) is 9.91. The second kappa shape index (κ2) is 6.55. The molecule has 1 aromatic rings. The van der Waals surface area contributed by atoms with Gasteiger partial charge in [-0.3, -0.25) is 15.1 Å². The number of carbonyl (C=O) groups excluding carboxylic acids is 1. The van der Waals surface area contributed by atoms with Crippen molar-refractivity contribution in [2.45, 2.75) is 0 Å². The fourth-order valence-electron chi connectivity index (χ4n) is 1.22. The average Bonchev–Trinajstić information content (AvgIpc) is 2.34. The second-order valence-corrected chi connectivity index (χ2v) is 4.14.